The Morgan fingerprint density at radius 3 is 2.74 bits per heavy atom. The first-order valence-electron chi connectivity index (χ1n) is 11.0. The van der Waals surface area contributed by atoms with Gasteiger partial charge in [-0.25, -0.2) is 4.98 Å². The number of rotatable bonds is 9. The van der Waals surface area contributed by atoms with Crippen LogP contribution in [-0.4, -0.2) is 60.5 Å². The van der Waals surface area contributed by atoms with Crippen LogP contribution in [0.5, 0.6) is 0 Å². The molecule has 2 fully saturated rings. The van der Waals surface area contributed by atoms with Crippen molar-refractivity contribution >= 4 is 28.8 Å². The van der Waals surface area contributed by atoms with E-state index in [1.165, 1.54) is 32.0 Å². The molecular formula is C20H31N7O4. The maximum Gasteiger partial charge on any atom is 0.226 e. The standard InChI is InChI=1S/C20H31N7O4/c21-13(28)7-3-6-12-15(29)16(30)19(31-12)27-10-24-14-17(22)25-20(26-18(14)27)23-9-8-11-4-1-2-5-11/h10-12,15-16,19,29-30H,1-9H2,(H2,21,28)(H3,22,23,25,26)/t12-,15?,16?,19-/m1/s1. The first-order valence-corrected chi connectivity index (χ1v) is 11.0. The van der Waals surface area contributed by atoms with Gasteiger partial charge in [0.25, 0.3) is 0 Å². The molecule has 0 spiro atoms. The summed E-state index contributed by atoms with van der Waals surface area (Å²) < 4.78 is 7.46. The van der Waals surface area contributed by atoms with E-state index in [4.69, 9.17) is 16.2 Å². The molecule has 1 amide bonds. The van der Waals surface area contributed by atoms with E-state index in [2.05, 4.69) is 20.3 Å². The van der Waals surface area contributed by atoms with E-state index >= 15 is 0 Å². The van der Waals surface area contributed by atoms with Crippen LogP contribution in [-0.2, 0) is 9.53 Å². The highest BCUT2D eigenvalue weighted by Crippen LogP contribution is 2.34. The highest BCUT2D eigenvalue weighted by Gasteiger charge is 2.44. The molecule has 0 aromatic carbocycles. The summed E-state index contributed by atoms with van der Waals surface area (Å²) in [7, 11) is 0. The number of carbonyl (C=O) groups is 1. The Morgan fingerprint density at radius 1 is 1.23 bits per heavy atom. The number of nitrogens with zero attached hydrogens (tertiary/aromatic N) is 4. The first-order chi connectivity index (χ1) is 14.9. The summed E-state index contributed by atoms with van der Waals surface area (Å²) in [4.78, 5) is 24.1. The van der Waals surface area contributed by atoms with Gasteiger partial charge in [-0.1, -0.05) is 25.7 Å². The average molecular weight is 434 g/mol. The Morgan fingerprint density at radius 2 is 2.00 bits per heavy atom. The smallest absolute Gasteiger partial charge is 0.226 e. The number of aromatic nitrogens is 4. The van der Waals surface area contributed by atoms with Gasteiger partial charge in [-0.3, -0.25) is 9.36 Å². The third-order valence-electron chi connectivity index (χ3n) is 6.28. The van der Waals surface area contributed by atoms with Crippen molar-refractivity contribution in [2.45, 2.75) is 75.9 Å². The summed E-state index contributed by atoms with van der Waals surface area (Å²) in [6.45, 7) is 0.757. The highest BCUT2D eigenvalue weighted by molar-refractivity contribution is 5.83. The average Bonchev–Trinajstić information content (AvgIpc) is 3.44. The lowest BCUT2D eigenvalue weighted by Gasteiger charge is -2.17. The van der Waals surface area contributed by atoms with Crippen LogP contribution in [0.25, 0.3) is 11.2 Å². The van der Waals surface area contributed by atoms with Crippen LogP contribution in [0.4, 0.5) is 11.8 Å². The van der Waals surface area contributed by atoms with E-state index in [9.17, 15) is 15.0 Å². The van der Waals surface area contributed by atoms with Crippen molar-refractivity contribution in [1.82, 2.24) is 19.5 Å². The Hall–Kier alpha value is -2.50. The predicted molar refractivity (Wildman–Crippen MR) is 114 cm³/mol. The van der Waals surface area contributed by atoms with Gasteiger partial charge in [0, 0.05) is 13.0 Å². The van der Waals surface area contributed by atoms with Gasteiger partial charge in [0.2, 0.25) is 11.9 Å². The van der Waals surface area contributed by atoms with Crippen LogP contribution >= 0.6 is 0 Å². The molecule has 0 radical (unpaired) electrons. The van der Waals surface area contributed by atoms with Crippen LogP contribution in [0.15, 0.2) is 6.33 Å². The Bertz CT molecular complexity index is 914. The van der Waals surface area contributed by atoms with Crippen molar-refractivity contribution in [1.29, 1.82) is 0 Å². The lowest BCUT2D eigenvalue weighted by atomic mass is 10.0. The Labute approximate surface area is 180 Å². The number of aliphatic hydroxyl groups excluding tert-OH is 2. The molecular weight excluding hydrogens is 402 g/mol. The summed E-state index contributed by atoms with van der Waals surface area (Å²) in [6, 6.07) is 0. The SMILES string of the molecule is NC(=O)CCC[C@H]1O[C@@H](n2cnc3c(N)nc(NCCC4CCCC4)nc32)C(O)C1O. The summed E-state index contributed by atoms with van der Waals surface area (Å²) in [5, 5.41) is 24.2. The number of nitrogens with one attached hydrogen (secondary N) is 1. The molecule has 2 aliphatic rings. The normalized spacial score (nSPS) is 26.6. The third kappa shape index (κ3) is 4.73. The number of carbonyl (C=O) groups excluding carboxylic acids is 1. The number of primary amides is 1. The minimum atomic E-state index is -1.18. The van der Waals surface area contributed by atoms with Crippen molar-refractivity contribution in [2.24, 2.45) is 11.7 Å². The van der Waals surface area contributed by atoms with E-state index < -0.39 is 30.4 Å². The largest absolute Gasteiger partial charge is 0.388 e. The number of nitrogens with two attached hydrogens (primary N) is 2. The van der Waals surface area contributed by atoms with E-state index in [1.807, 2.05) is 0 Å². The second kappa shape index (κ2) is 9.33. The second-order valence-electron chi connectivity index (χ2n) is 8.53. The van der Waals surface area contributed by atoms with Gasteiger partial charge in [0.05, 0.1) is 12.4 Å². The monoisotopic (exact) mass is 433 g/mol. The van der Waals surface area contributed by atoms with E-state index in [0.29, 0.717) is 30.0 Å². The number of anilines is 2. The summed E-state index contributed by atoms with van der Waals surface area (Å²) in [5.41, 5.74) is 12.1. The number of hydrogen-bond acceptors (Lipinski definition) is 9. The highest BCUT2D eigenvalue weighted by atomic mass is 16.6. The zero-order valence-electron chi connectivity index (χ0n) is 17.5. The fourth-order valence-electron chi connectivity index (χ4n) is 4.57. The van der Waals surface area contributed by atoms with Crippen LogP contribution in [0.3, 0.4) is 0 Å². The van der Waals surface area contributed by atoms with Crippen molar-refractivity contribution in [3.8, 4) is 0 Å². The van der Waals surface area contributed by atoms with Crippen LogP contribution in [0, 0.1) is 5.92 Å². The molecule has 0 bridgehead atoms. The Kier molecular flexibility index (Phi) is 6.54. The number of imidazole rings is 1. The third-order valence-corrected chi connectivity index (χ3v) is 6.28. The molecule has 11 heteroatoms. The second-order valence-corrected chi connectivity index (χ2v) is 8.53. The van der Waals surface area contributed by atoms with E-state index in [-0.39, 0.29) is 12.2 Å². The summed E-state index contributed by atoms with van der Waals surface area (Å²) in [5.74, 6) is 0.966. The van der Waals surface area contributed by atoms with Crippen molar-refractivity contribution in [3.05, 3.63) is 6.33 Å². The molecule has 1 saturated carbocycles. The van der Waals surface area contributed by atoms with Gasteiger partial charge in [-0.2, -0.15) is 9.97 Å². The lowest BCUT2D eigenvalue weighted by Crippen LogP contribution is -2.31. The van der Waals surface area contributed by atoms with Gasteiger partial charge >= 0.3 is 0 Å². The summed E-state index contributed by atoms with van der Waals surface area (Å²) >= 11 is 0. The number of aliphatic hydroxyl groups is 2. The molecule has 2 aromatic rings. The number of amides is 1. The number of ether oxygens (including phenoxy) is 1. The Balaban J connectivity index is 1.47. The van der Waals surface area contributed by atoms with Gasteiger partial charge in [-0.05, 0) is 25.2 Å². The molecule has 1 aliphatic carbocycles. The zero-order valence-corrected chi connectivity index (χ0v) is 17.5. The van der Waals surface area contributed by atoms with Gasteiger partial charge in [-0.15, -0.1) is 0 Å². The van der Waals surface area contributed by atoms with E-state index in [0.717, 1.165) is 18.9 Å². The minimum Gasteiger partial charge on any atom is -0.388 e. The number of nitrogen functional groups attached to an aromatic ring is 1. The van der Waals surface area contributed by atoms with E-state index in [1.54, 1.807) is 4.57 Å². The maximum absolute atomic E-state index is 11.0. The van der Waals surface area contributed by atoms with Crippen LogP contribution in [0.2, 0.25) is 0 Å². The van der Waals surface area contributed by atoms with Crippen LogP contribution < -0.4 is 16.8 Å². The molecule has 4 rings (SSSR count). The van der Waals surface area contributed by atoms with Crippen molar-refractivity contribution < 1.29 is 19.7 Å². The van der Waals surface area contributed by atoms with Crippen molar-refractivity contribution in [2.75, 3.05) is 17.6 Å². The number of fused-ring (bicyclic) bond motifs is 1. The van der Waals surface area contributed by atoms with Crippen LogP contribution in [0.1, 0.15) is 57.6 Å². The minimum absolute atomic E-state index is 0.195. The maximum atomic E-state index is 11.0. The van der Waals surface area contributed by atoms with Crippen molar-refractivity contribution in [3.63, 3.8) is 0 Å². The fourth-order valence-corrected chi connectivity index (χ4v) is 4.57. The molecule has 4 atom stereocenters. The molecule has 11 nitrogen and oxygen atoms in total. The van der Waals surface area contributed by atoms with Gasteiger partial charge in [0.1, 0.15) is 17.7 Å². The summed E-state index contributed by atoms with van der Waals surface area (Å²) in [6.07, 6.45) is 4.98. The molecule has 2 aromatic heterocycles. The molecule has 1 saturated heterocycles. The molecule has 31 heavy (non-hydrogen) atoms. The molecule has 7 N–H and O–H groups in total. The molecule has 170 valence electrons. The topological polar surface area (TPSA) is 174 Å². The number of hydrogen-bond donors (Lipinski definition) is 5. The first kappa shape index (κ1) is 21.7. The predicted octanol–water partition coefficient (Wildman–Crippen LogP) is 0.675. The molecule has 2 unspecified atom stereocenters. The van der Waals surface area contributed by atoms with Gasteiger partial charge in [0.15, 0.2) is 17.7 Å². The zero-order chi connectivity index (χ0) is 22.0. The quantitative estimate of drug-likeness (QED) is 0.381. The fraction of sp³-hybridized carbons (Fsp3) is 0.700. The van der Waals surface area contributed by atoms with Gasteiger partial charge < -0.3 is 31.7 Å². The molecule has 1 aliphatic heterocycles. The molecule has 3 heterocycles. The lowest BCUT2D eigenvalue weighted by molar-refractivity contribution is -0.118.